The van der Waals surface area contributed by atoms with Gasteiger partial charge in [0.2, 0.25) is 0 Å². The van der Waals surface area contributed by atoms with Gasteiger partial charge in [-0.05, 0) is 44.6 Å². The van der Waals surface area contributed by atoms with E-state index in [1.807, 2.05) is 26.2 Å². The van der Waals surface area contributed by atoms with Crippen molar-refractivity contribution in [2.75, 3.05) is 27.2 Å². The third-order valence-corrected chi connectivity index (χ3v) is 5.72. The van der Waals surface area contributed by atoms with Gasteiger partial charge in [0, 0.05) is 12.5 Å². The van der Waals surface area contributed by atoms with Gasteiger partial charge >= 0.3 is 5.97 Å². The summed E-state index contributed by atoms with van der Waals surface area (Å²) in [6, 6.07) is 7.31. The fraction of sp³-hybridized carbons (Fsp3) is 0.682. The van der Waals surface area contributed by atoms with E-state index in [2.05, 4.69) is 4.90 Å². The summed E-state index contributed by atoms with van der Waals surface area (Å²) in [5.41, 5.74) is 0.523. The number of phenolic OH excluding ortho intramolecular Hbond substituents is 1. The number of nitrogens with zero attached hydrogens (tertiary/aromatic N) is 1. The molecule has 5 atom stereocenters. The molecule has 0 radical (unpaired) electrons. The van der Waals surface area contributed by atoms with E-state index in [0.717, 1.165) is 37.8 Å². The lowest BCUT2D eigenvalue weighted by Gasteiger charge is -2.40. The molecule has 8 N–H and O–H groups in total. The van der Waals surface area contributed by atoms with Crippen molar-refractivity contribution >= 4 is 5.97 Å². The fourth-order valence-electron chi connectivity index (χ4n) is 3.84. The van der Waals surface area contributed by atoms with Gasteiger partial charge in [-0.3, -0.25) is 0 Å². The lowest BCUT2D eigenvalue weighted by Crippen LogP contribution is -2.48. The fourth-order valence-corrected chi connectivity index (χ4v) is 3.84. The predicted molar refractivity (Wildman–Crippen MR) is 116 cm³/mol. The van der Waals surface area contributed by atoms with Crippen LogP contribution in [0.3, 0.4) is 0 Å². The first-order valence-electron chi connectivity index (χ1n) is 10.6. The number of carbonyl (C=O) groups is 1. The van der Waals surface area contributed by atoms with Crippen LogP contribution in [-0.2, 0) is 4.79 Å². The highest BCUT2D eigenvalue weighted by Crippen LogP contribution is 2.40. The summed E-state index contributed by atoms with van der Waals surface area (Å²) in [6.45, 7) is -0.00809. The number of carboxylic acid groups (broad SMARTS) is 1. The highest BCUT2D eigenvalue weighted by Gasteiger charge is 2.38. The van der Waals surface area contributed by atoms with E-state index in [1.54, 1.807) is 12.1 Å². The molecular formula is C22H37NO9. The number of aromatic hydroxyl groups is 1. The minimum atomic E-state index is -2.20. The van der Waals surface area contributed by atoms with Crippen LogP contribution >= 0.6 is 0 Å². The molecule has 1 saturated carbocycles. The number of hydrogen-bond acceptors (Lipinski definition) is 9. The number of phenols is 1. The van der Waals surface area contributed by atoms with Crippen LogP contribution in [0, 0.1) is 0 Å². The van der Waals surface area contributed by atoms with Gasteiger partial charge in [-0.1, -0.05) is 31.4 Å². The first kappa shape index (κ1) is 28.2. The molecule has 1 aromatic carbocycles. The zero-order valence-electron chi connectivity index (χ0n) is 18.6. The van der Waals surface area contributed by atoms with E-state index < -0.39 is 42.6 Å². The van der Waals surface area contributed by atoms with Crippen LogP contribution in [0.5, 0.6) is 5.75 Å². The maximum absolute atomic E-state index is 11.0. The van der Waals surface area contributed by atoms with Gasteiger partial charge in [-0.25, -0.2) is 4.79 Å². The largest absolute Gasteiger partial charge is 0.508 e. The van der Waals surface area contributed by atoms with Crippen LogP contribution in [0.2, 0.25) is 0 Å². The predicted octanol–water partition coefficient (Wildman–Crippen LogP) is -0.760. The highest BCUT2D eigenvalue weighted by molar-refractivity contribution is 5.72. The molecule has 2 rings (SSSR count). The van der Waals surface area contributed by atoms with Gasteiger partial charge < -0.3 is 45.8 Å². The molecule has 0 spiro atoms. The summed E-state index contributed by atoms with van der Waals surface area (Å²) >= 11 is 0. The minimum absolute atomic E-state index is 0.114. The highest BCUT2D eigenvalue weighted by atomic mass is 16.4. The molecule has 1 unspecified atom stereocenters. The molecule has 184 valence electrons. The Hall–Kier alpha value is -1.79. The number of benzene rings is 1. The van der Waals surface area contributed by atoms with E-state index >= 15 is 0 Å². The number of aliphatic carboxylic acids is 1. The Bertz CT molecular complexity index is 676. The maximum Gasteiger partial charge on any atom is 0.335 e. The standard InChI is InChI=1S/C16H25NO2.C6H12O7/c1-17(2)12-15(13-6-8-14(18)9-7-13)16(19)10-4-3-5-11-16;7-1-2(8)3(9)4(10)5(11)6(12)13/h6-9,15,18-19H,3-5,10-12H2,1-2H3;2-5,7-11H,1H2,(H,12,13)/t;2-,3+,4+,5+/m.0/s1. The molecule has 0 aromatic heterocycles. The Morgan fingerprint density at radius 2 is 1.53 bits per heavy atom. The smallest absolute Gasteiger partial charge is 0.335 e. The van der Waals surface area contributed by atoms with E-state index in [1.165, 1.54) is 6.42 Å². The second kappa shape index (κ2) is 13.0. The molecule has 1 fully saturated rings. The second-order valence-corrected chi connectivity index (χ2v) is 8.58. The van der Waals surface area contributed by atoms with Crippen molar-refractivity contribution < 1.29 is 45.6 Å². The molecule has 10 nitrogen and oxygen atoms in total. The van der Waals surface area contributed by atoms with Gasteiger partial charge in [0.15, 0.2) is 6.10 Å². The summed E-state index contributed by atoms with van der Waals surface area (Å²) < 4.78 is 0. The summed E-state index contributed by atoms with van der Waals surface area (Å²) in [5, 5.41) is 72.2. The monoisotopic (exact) mass is 459 g/mol. The molecule has 1 aromatic rings. The number of aliphatic hydroxyl groups excluding tert-OH is 5. The van der Waals surface area contributed by atoms with Gasteiger partial charge in [0.05, 0.1) is 12.2 Å². The number of likely N-dealkylation sites (N-methyl/N-ethyl adjacent to an activating group) is 1. The van der Waals surface area contributed by atoms with Crippen LogP contribution in [0.15, 0.2) is 24.3 Å². The Balaban J connectivity index is 0.000000347. The molecule has 1 aliphatic carbocycles. The van der Waals surface area contributed by atoms with Crippen molar-refractivity contribution in [3.05, 3.63) is 29.8 Å². The summed E-state index contributed by atoms with van der Waals surface area (Å²) in [5.74, 6) is -1.33. The number of aliphatic hydroxyl groups is 6. The van der Waals surface area contributed by atoms with Gasteiger partial charge in [-0.15, -0.1) is 0 Å². The van der Waals surface area contributed by atoms with Crippen molar-refractivity contribution in [3.8, 4) is 5.75 Å². The Morgan fingerprint density at radius 1 is 1.00 bits per heavy atom. The summed E-state index contributed by atoms with van der Waals surface area (Å²) in [7, 11) is 4.08. The molecule has 0 heterocycles. The van der Waals surface area contributed by atoms with E-state index in [-0.39, 0.29) is 11.7 Å². The van der Waals surface area contributed by atoms with Crippen molar-refractivity contribution in [1.82, 2.24) is 4.90 Å². The average molecular weight is 460 g/mol. The van der Waals surface area contributed by atoms with Crippen LogP contribution in [0.25, 0.3) is 0 Å². The maximum atomic E-state index is 11.0. The SMILES string of the molecule is CN(C)CC(c1ccc(O)cc1)C1(O)CCCCC1.O=C(O)[C@H](O)[C@H](O)[C@H](O)[C@@H](O)CO. The van der Waals surface area contributed by atoms with E-state index in [0.29, 0.717) is 0 Å². The topological polar surface area (TPSA) is 182 Å². The first-order valence-corrected chi connectivity index (χ1v) is 10.6. The van der Waals surface area contributed by atoms with Crippen LogP contribution in [0.1, 0.15) is 43.6 Å². The normalized spacial score (nSPS) is 20.4. The quantitative estimate of drug-likeness (QED) is 0.234. The van der Waals surface area contributed by atoms with E-state index in [9.17, 15) is 15.0 Å². The van der Waals surface area contributed by atoms with Crippen molar-refractivity contribution in [2.45, 2.75) is 68.0 Å². The molecule has 1 aliphatic rings. The van der Waals surface area contributed by atoms with Crippen molar-refractivity contribution in [1.29, 1.82) is 0 Å². The lowest BCUT2D eigenvalue weighted by atomic mass is 9.72. The van der Waals surface area contributed by atoms with Crippen molar-refractivity contribution in [3.63, 3.8) is 0 Å². The third kappa shape index (κ3) is 8.28. The van der Waals surface area contributed by atoms with Gasteiger partial charge in [0.25, 0.3) is 0 Å². The lowest BCUT2D eigenvalue weighted by molar-refractivity contribution is -0.164. The summed E-state index contributed by atoms with van der Waals surface area (Å²) in [6.07, 6.45) is -2.63. The molecule has 32 heavy (non-hydrogen) atoms. The Labute approximate surface area is 188 Å². The van der Waals surface area contributed by atoms with Gasteiger partial charge in [0.1, 0.15) is 24.1 Å². The molecular weight excluding hydrogens is 422 g/mol. The second-order valence-electron chi connectivity index (χ2n) is 8.58. The zero-order valence-corrected chi connectivity index (χ0v) is 18.6. The van der Waals surface area contributed by atoms with Crippen LogP contribution in [-0.4, -0.2) is 109 Å². The molecule has 0 saturated heterocycles. The Kier molecular flexibility index (Phi) is 11.5. The molecule has 10 heteroatoms. The number of rotatable bonds is 9. The third-order valence-electron chi connectivity index (χ3n) is 5.72. The zero-order chi connectivity index (χ0) is 24.5. The minimum Gasteiger partial charge on any atom is -0.508 e. The van der Waals surface area contributed by atoms with E-state index in [4.69, 9.17) is 30.6 Å². The van der Waals surface area contributed by atoms with Gasteiger partial charge in [-0.2, -0.15) is 0 Å². The number of hydrogen-bond donors (Lipinski definition) is 8. The summed E-state index contributed by atoms with van der Waals surface area (Å²) in [4.78, 5) is 12.2. The number of carboxylic acids is 1. The first-order chi connectivity index (χ1) is 14.9. The molecule has 0 bridgehead atoms. The average Bonchev–Trinajstić information content (AvgIpc) is 2.76. The van der Waals surface area contributed by atoms with Crippen molar-refractivity contribution in [2.24, 2.45) is 0 Å². The van der Waals surface area contributed by atoms with Crippen LogP contribution in [0.4, 0.5) is 0 Å². The molecule has 0 amide bonds. The van der Waals surface area contributed by atoms with Crippen LogP contribution < -0.4 is 0 Å². The molecule has 0 aliphatic heterocycles. The Morgan fingerprint density at radius 3 is 1.97 bits per heavy atom.